The molecule has 0 radical (unpaired) electrons. The lowest BCUT2D eigenvalue weighted by atomic mass is 10.0. The fourth-order valence-corrected chi connectivity index (χ4v) is 9.28. The van der Waals surface area contributed by atoms with Gasteiger partial charge in [0.2, 0.25) is 5.91 Å². The minimum Gasteiger partial charge on any atom is -0.466 e. The van der Waals surface area contributed by atoms with Gasteiger partial charge in [-0.1, -0.05) is 276 Å². The van der Waals surface area contributed by atoms with E-state index in [4.69, 9.17) is 4.74 Å². The first-order valence-corrected chi connectivity index (χ1v) is 29.4. The van der Waals surface area contributed by atoms with Crippen molar-refractivity contribution >= 4 is 11.9 Å². The number of carbonyl (C=O) groups excluding carboxylic acids is 2. The van der Waals surface area contributed by atoms with Crippen molar-refractivity contribution in [2.75, 3.05) is 13.2 Å². The number of ether oxygens (including phenoxy) is 1. The number of aliphatic hydroxyl groups is 2. The Labute approximate surface area is 406 Å². The Morgan fingerprint density at radius 3 is 1.12 bits per heavy atom. The van der Waals surface area contributed by atoms with Crippen LogP contribution in [0.2, 0.25) is 0 Å². The summed E-state index contributed by atoms with van der Waals surface area (Å²) in [6, 6.07) is -0.541. The third-order valence-electron chi connectivity index (χ3n) is 13.8. The van der Waals surface area contributed by atoms with Crippen LogP contribution in [0, 0.1) is 0 Å². The van der Waals surface area contributed by atoms with E-state index in [2.05, 4.69) is 31.3 Å². The summed E-state index contributed by atoms with van der Waals surface area (Å²) in [7, 11) is 0. The molecule has 0 aromatic rings. The standard InChI is InChI=1S/C59H115NO5/c1-3-5-7-9-11-13-15-17-25-28-31-35-39-43-47-51-57(62)56(55-61)60-58(63)52-48-44-40-36-32-29-26-23-21-19-18-20-22-24-27-30-34-38-42-46-50-54-65-59(64)53-49-45-41-37-33-16-14-12-10-8-6-4-2/h12,14,56-57,61-62H,3-11,13,15-55H2,1-2H3,(H,60,63)/b14-12-. The molecule has 2 atom stereocenters. The van der Waals surface area contributed by atoms with Crippen LogP contribution in [0.3, 0.4) is 0 Å². The van der Waals surface area contributed by atoms with Crippen molar-refractivity contribution in [2.45, 2.75) is 341 Å². The highest BCUT2D eigenvalue weighted by Crippen LogP contribution is 2.18. The van der Waals surface area contributed by atoms with Crippen LogP contribution in [0.1, 0.15) is 328 Å². The highest BCUT2D eigenvalue weighted by molar-refractivity contribution is 5.76. The van der Waals surface area contributed by atoms with Crippen LogP contribution in [0.4, 0.5) is 0 Å². The quantitative estimate of drug-likeness (QED) is 0.0321. The fraction of sp³-hybridized carbons (Fsp3) is 0.932. The number of carbonyl (C=O) groups is 2. The van der Waals surface area contributed by atoms with E-state index in [0.29, 0.717) is 25.9 Å². The van der Waals surface area contributed by atoms with E-state index < -0.39 is 12.1 Å². The molecule has 6 nitrogen and oxygen atoms in total. The number of aliphatic hydroxyl groups excluding tert-OH is 2. The SMILES string of the molecule is CCCCC/C=C\CCCCCCCC(=O)OCCCCCCCCCCCCCCCCCCCCCCCC(=O)NC(CO)C(O)CCCCCCCCCCCCCCCCC. The lowest BCUT2D eigenvalue weighted by molar-refractivity contribution is -0.143. The van der Waals surface area contributed by atoms with Crippen molar-refractivity contribution in [1.82, 2.24) is 5.32 Å². The number of amides is 1. The highest BCUT2D eigenvalue weighted by atomic mass is 16.5. The van der Waals surface area contributed by atoms with Crippen molar-refractivity contribution < 1.29 is 24.5 Å². The third kappa shape index (κ3) is 51.8. The zero-order chi connectivity index (χ0) is 47.2. The van der Waals surface area contributed by atoms with Crippen molar-refractivity contribution in [3.63, 3.8) is 0 Å². The molecule has 0 spiro atoms. The molecule has 0 rings (SSSR count). The van der Waals surface area contributed by atoms with Gasteiger partial charge in [0.15, 0.2) is 0 Å². The highest BCUT2D eigenvalue weighted by Gasteiger charge is 2.20. The average Bonchev–Trinajstić information content (AvgIpc) is 3.31. The lowest BCUT2D eigenvalue weighted by Gasteiger charge is -2.22. The summed E-state index contributed by atoms with van der Waals surface area (Å²) in [4.78, 5) is 24.5. The molecule has 0 aromatic heterocycles. The van der Waals surface area contributed by atoms with E-state index in [-0.39, 0.29) is 18.5 Å². The van der Waals surface area contributed by atoms with Crippen molar-refractivity contribution in [3.05, 3.63) is 12.2 Å². The zero-order valence-electron chi connectivity index (χ0n) is 44.0. The largest absolute Gasteiger partial charge is 0.466 e. The van der Waals surface area contributed by atoms with Gasteiger partial charge in [0.25, 0.3) is 0 Å². The Balaban J connectivity index is 3.38. The molecule has 0 fully saturated rings. The molecular weight excluding hydrogens is 803 g/mol. The van der Waals surface area contributed by atoms with Gasteiger partial charge in [-0.05, 0) is 51.4 Å². The molecule has 0 aliphatic heterocycles. The molecule has 386 valence electrons. The van der Waals surface area contributed by atoms with Crippen molar-refractivity contribution in [2.24, 2.45) is 0 Å². The van der Waals surface area contributed by atoms with Gasteiger partial charge in [0, 0.05) is 12.8 Å². The normalized spacial score (nSPS) is 12.6. The van der Waals surface area contributed by atoms with Gasteiger partial charge in [-0.3, -0.25) is 9.59 Å². The van der Waals surface area contributed by atoms with Gasteiger partial charge < -0.3 is 20.3 Å². The molecule has 1 amide bonds. The summed E-state index contributed by atoms with van der Waals surface area (Å²) in [5.41, 5.74) is 0. The van der Waals surface area contributed by atoms with Gasteiger partial charge >= 0.3 is 5.97 Å². The predicted molar refractivity (Wildman–Crippen MR) is 283 cm³/mol. The van der Waals surface area contributed by atoms with Gasteiger partial charge in [-0.2, -0.15) is 0 Å². The molecule has 0 heterocycles. The van der Waals surface area contributed by atoms with Crippen LogP contribution in [-0.2, 0) is 14.3 Å². The van der Waals surface area contributed by atoms with Crippen LogP contribution in [-0.4, -0.2) is 47.4 Å². The number of esters is 1. The summed E-state index contributed by atoms with van der Waals surface area (Å²) in [6.07, 6.45) is 64.9. The molecule has 3 N–H and O–H groups in total. The molecule has 0 bridgehead atoms. The van der Waals surface area contributed by atoms with E-state index in [1.165, 1.54) is 250 Å². The third-order valence-corrected chi connectivity index (χ3v) is 13.8. The summed E-state index contributed by atoms with van der Waals surface area (Å²) < 4.78 is 5.46. The van der Waals surface area contributed by atoms with Crippen LogP contribution >= 0.6 is 0 Å². The summed E-state index contributed by atoms with van der Waals surface area (Å²) in [6.45, 7) is 4.94. The topological polar surface area (TPSA) is 95.9 Å². The molecule has 65 heavy (non-hydrogen) atoms. The van der Waals surface area contributed by atoms with Gasteiger partial charge in [0.05, 0.1) is 25.4 Å². The van der Waals surface area contributed by atoms with Crippen LogP contribution in [0.15, 0.2) is 12.2 Å². The number of hydrogen-bond donors (Lipinski definition) is 3. The molecule has 6 heteroatoms. The van der Waals surface area contributed by atoms with E-state index >= 15 is 0 Å². The zero-order valence-corrected chi connectivity index (χ0v) is 44.0. The second-order valence-corrected chi connectivity index (χ2v) is 20.3. The first kappa shape index (κ1) is 63.6. The van der Waals surface area contributed by atoms with Crippen LogP contribution in [0.25, 0.3) is 0 Å². The van der Waals surface area contributed by atoms with E-state index in [0.717, 1.165) is 44.9 Å². The second kappa shape index (κ2) is 55.2. The maximum atomic E-state index is 12.5. The number of allylic oxidation sites excluding steroid dienone is 2. The summed E-state index contributed by atoms with van der Waals surface area (Å²) >= 11 is 0. The minimum atomic E-state index is -0.664. The number of nitrogens with one attached hydrogen (secondary N) is 1. The van der Waals surface area contributed by atoms with E-state index in [1.54, 1.807) is 0 Å². The lowest BCUT2D eigenvalue weighted by Crippen LogP contribution is -2.45. The van der Waals surface area contributed by atoms with Gasteiger partial charge in [-0.15, -0.1) is 0 Å². The fourth-order valence-electron chi connectivity index (χ4n) is 9.28. The van der Waals surface area contributed by atoms with Crippen LogP contribution < -0.4 is 5.32 Å². The maximum Gasteiger partial charge on any atom is 0.305 e. The van der Waals surface area contributed by atoms with Crippen LogP contribution in [0.5, 0.6) is 0 Å². The van der Waals surface area contributed by atoms with Gasteiger partial charge in [0.1, 0.15) is 0 Å². The molecule has 0 aromatic carbocycles. The Hall–Kier alpha value is -1.40. The smallest absolute Gasteiger partial charge is 0.305 e. The molecule has 0 saturated carbocycles. The summed E-state index contributed by atoms with van der Waals surface area (Å²) in [5, 5.41) is 23.3. The molecule has 0 aliphatic rings. The number of rotatable bonds is 55. The second-order valence-electron chi connectivity index (χ2n) is 20.3. The van der Waals surface area contributed by atoms with Crippen molar-refractivity contribution in [1.29, 1.82) is 0 Å². The Bertz CT molecular complexity index is 970. The minimum absolute atomic E-state index is 0.00239. The molecule has 0 saturated heterocycles. The maximum absolute atomic E-state index is 12.5. The summed E-state index contributed by atoms with van der Waals surface area (Å²) in [5.74, 6) is -0.0315. The average molecular weight is 919 g/mol. The number of unbranched alkanes of at least 4 members (excludes halogenated alkanes) is 42. The monoisotopic (exact) mass is 918 g/mol. The molecule has 2 unspecified atom stereocenters. The Morgan fingerprint density at radius 1 is 0.415 bits per heavy atom. The first-order chi connectivity index (χ1) is 32.0. The number of hydrogen-bond acceptors (Lipinski definition) is 5. The van der Waals surface area contributed by atoms with Crippen molar-refractivity contribution in [3.8, 4) is 0 Å². The van der Waals surface area contributed by atoms with E-state index in [9.17, 15) is 19.8 Å². The Morgan fingerprint density at radius 2 is 0.723 bits per heavy atom. The molecular formula is C59H115NO5. The molecule has 0 aliphatic carbocycles. The van der Waals surface area contributed by atoms with E-state index in [1.807, 2.05) is 0 Å². The van der Waals surface area contributed by atoms with Gasteiger partial charge in [-0.25, -0.2) is 0 Å². The Kier molecular flexibility index (Phi) is 54.0. The first-order valence-electron chi connectivity index (χ1n) is 29.4. The predicted octanol–water partition coefficient (Wildman–Crippen LogP) is 18.1.